The number of fused-ring (bicyclic) bond motifs is 1. The fourth-order valence-electron chi connectivity index (χ4n) is 2.45. The molecule has 122 valence electrons. The Balaban J connectivity index is 1.72. The van der Waals surface area contributed by atoms with Crippen LogP contribution in [0.25, 0.3) is 16.9 Å². The summed E-state index contributed by atoms with van der Waals surface area (Å²) in [4.78, 5) is 29.7. The van der Waals surface area contributed by atoms with Gasteiger partial charge in [-0.2, -0.15) is 0 Å². The second-order valence-corrected chi connectivity index (χ2v) is 5.49. The van der Waals surface area contributed by atoms with Gasteiger partial charge < -0.3 is 9.72 Å². The van der Waals surface area contributed by atoms with Crippen molar-refractivity contribution in [1.82, 2.24) is 24.3 Å². The van der Waals surface area contributed by atoms with Crippen LogP contribution >= 0.6 is 0 Å². The van der Waals surface area contributed by atoms with Crippen LogP contribution in [0.5, 0.6) is 0 Å². The molecule has 4 aromatic rings. The molecule has 7 nitrogen and oxygen atoms in total. The second-order valence-electron chi connectivity index (χ2n) is 5.49. The zero-order chi connectivity index (χ0) is 17.2. The Morgan fingerprint density at radius 3 is 2.76 bits per heavy atom. The SMILES string of the molecule is Cc1ccc(-c2cn3ccnc(C(=O)Nc4ccccn4)c3n2)cn1. The van der Waals surface area contributed by atoms with Gasteiger partial charge in [-0.3, -0.25) is 9.78 Å². The molecule has 0 aromatic carbocycles. The van der Waals surface area contributed by atoms with Gasteiger partial charge in [-0.15, -0.1) is 0 Å². The molecule has 0 atom stereocenters. The monoisotopic (exact) mass is 330 g/mol. The van der Waals surface area contributed by atoms with Gasteiger partial charge in [0.2, 0.25) is 0 Å². The Morgan fingerprint density at radius 2 is 2.00 bits per heavy atom. The van der Waals surface area contributed by atoms with Crippen LogP contribution in [0.2, 0.25) is 0 Å². The molecule has 1 N–H and O–H groups in total. The number of nitrogens with zero attached hydrogens (tertiary/aromatic N) is 5. The van der Waals surface area contributed by atoms with E-state index in [0.29, 0.717) is 11.5 Å². The number of rotatable bonds is 3. The van der Waals surface area contributed by atoms with Crippen LogP contribution in [0, 0.1) is 6.92 Å². The Labute approximate surface area is 143 Å². The summed E-state index contributed by atoms with van der Waals surface area (Å²) in [6, 6.07) is 9.17. The molecule has 4 aromatic heterocycles. The van der Waals surface area contributed by atoms with E-state index in [1.54, 1.807) is 47.4 Å². The van der Waals surface area contributed by atoms with Crippen molar-refractivity contribution >= 4 is 17.4 Å². The minimum Gasteiger partial charge on any atom is -0.305 e. The maximum atomic E-state index is 12.5. The lowest BCUT2D eigenvalue weighted by Gasteiger charge is -2.04. The Bertz CT molecular complexity index is 1040. The van der Waals surface area contributed by atoms with E-state index in [2.05, 4.69) is 25.3 Å². The van der Waals surface area contributed by atoms with Crippen molar-refractivity contribution in [1.29, 1.82) is 0 Å². The molecule has 0 radical (unpaired) electrons. The van der Waals surface area contributed by atoms with E-state index >= 15 is 0 Å². The molecule has 7 heteroatoms. The van der Waals surface area contributed by atoms with Gasteiger partial charge in [0, 0.05) is 42.2 Å². The first kappa shape index (κ1) is 14.9. The lowest BCUT2D eigenvalue weighted by molar-refractivity contribution is 0.102. The number of carbonyl (C=O) groups excluding carboxylic acids is 1. The summed E-state index contributed by atoms with van der Waals surface area (Å²) in [5.41, 5.74) is 3.26. The van der Waals surface area contributed by atoms with Crippen LogP contribution < -0.4 is 5.32 Å². The summed E-state index contributed by atoms with van der Waals surface area (Å²) in [5.74, 6) is 0.106. The van der Waals surface area contributed by atoms with E-state index in [1.165, 1.54) is 0 Å². The molecule has 0 saturated heterocycles. The zero-order valence-corrected chi connectivity index (χ0v) is 13.4. The number of pyridine rings is 2. The highest BCUT2D eigenvalue weighted by Gasteiger charge is 2.16. The maximum absolute atomic E-state index is 12.5. The van der Waals surface area contributed by atoms with Gasteiger partial charge in [0.1, 0.15) is 5.82 Å². The lowest BCUT2D eigenvalue weighted by atomic mass is 10.2. The first-order valence-electron chi connectivity index (χ1n) is 7.70. The summed E-state index contributed by atoms with van der Waals surface area (Å²) in [7, 11) is 0. The molecule has 0 bridgehead atoms. The second kappa shape index (κ2) is 6.12. The van der Waals surface area contributed by atoms with Crippen molar-refractivity contribution in [3.8, 4) is 11.3 Å². The highest BCUT2D eigenvalue weighted by Crippen LogP contribution is 2.20. The van der Waals surface area contributed by atoms with Crippen LogP contribution in [-0.4, -0.2) is 30.2 Å². The normalized spacial score (nSPS) is 10.8. The number of imidazole rings is 1. The predicted molar refractivity (Wildman–Crippen MR) is 93.1 cm³/mol. The number of anilines is 1. The molecule has 0 fully saturated rings. The summed E-state index contributed by atoms with van der Waals surface area (Å²) in [6.45, 7) is 1.93. The molecule has 4 rings (SSSR count). The molecule has 0 aliphatic heterocycles. The average Bonchev–Trinajstić information content (AvgIpc) is 3.07. The Hall–Kier alpha value is -3.61. The van der Waals surface area contributed by atoms with Crippen LogP contribution in [-0.2, 0) is 0 Å². The third kappa shape index (κ3) is 2.94. The summed E-state index contributed by atoms with van der Waals surface area (Å²) in [5, 5.41) is 2.73. The minimum absolute atomic E-state index is 0.236. The highest BCUT2D eigenvalue weighted by atomic mass is 16.2. The number of aromatic nitrogens is 5. The highest BCUT2D eigenvalue weighted by molar-refractivity contribution is 6.06. The molecule has 0 unspecified atom stereocenters. The molecule has 0 aliphatic rings. The standard InChI is InChI=1S/C18H14N6O/c1-12-5-6-13(10-21-12)14-11-24-9-8-20-16(17(24)22-14)18(25)23-15-4-2-3-7-19-15/h2-11H,1H3,(H,19,23,25). The van der Waals surface area contributed by atoms with Crippen molar-refractivity contribution in [2.24, 2.45) is 0 Å². The minimum atomic E-state index is -0.358. The van der Waals surface area contributed by atoms with Crippen LogP contribution in [0.15, 0.2) is 61.3 Å². The topological polar surface area (TPSA) is 85.1 Å². The van der Waals surface area contributed by atoms with Crippen molar-refractivity contribution < 1.29 is 4.79 Å². The third-order valence-corrected chi connectivity index (χ3v) is 3.70. The summed E-state index contributed by atoms with van der Waals surface area (Å²) in [6.07, 6.45) is 8.55. The van der Waals surface area contributed by atoms with Crippen molar-refractivity contribution in [3.63, 3.8) is 0 Å². The summed E-state index contributed by atoms with van der Waals surface area (Å²) < 4.78 is 1.77. The number of hydrogen-bond donors (Lipinski definition) is 1. The summed E-state index contributed by atoms with van der Waals surface area (Å²) >= 11 is 0. The van der Waals surface area contributed by atoms with Gasteiger partial charge >= 0.3 is 0 Å². The van der Waals surface area contributed by atoms with Gasteiger partial charge in [-0.25, -0.2) is 15.0 Å². The molecule has 25 heavy (non-hydrogen) atoms. The van der Waals surface area contributed by atoms with Gasteiger partial charge in [0.15, 0.2) is 11.3 Å². The first-order chi connectivity index (χ1) is 12.2. The number of hydrogen-bond acceptors (Lipinski definition) is 5. The quantitative estimate of drug-likeness (QED) is 0.624. The molecule has 0 saturated carbocycles. The van der Waals surface area contributed by atoms with E-state index in [1.807, 2.05) is 25.3 Å². The van der Waals surface area contributed by atoms with Gasteiger partial charge in [-0.05, 0) is 31.2 Å². The molecular weight excluding hydrogens is 316 g/mol. The van der Waals surface area contributed by atoms with Crippen LogP contribution in [0.4, 0.5) is 5.82 Å². The van der Waals surface area contributed by atoms with Gasteiger partial charge in [0.25, 0.3) is 5.91 Å². The van der Waals surface area contributed by atoms with Crippen molar-refractivity contribution in [2.75, 3.05) is 5.32 Å². The fourth-order valence-corrected chi connectivity index (χ4v) is 2.45. The number of amides is 1. The van der Waals surface area contributed by atoms with E-state index < -0.39 is 0 Å². The Kier molecular flexibility index (Phi) is 3.66. The number of carbonyl (C=O) groups is 1. The largest absolute Gasteiger partial charge is 0.305 e. The maximum Gasteiger partial charge on any atom is 0.279 e. The van der Waals surface area contributed by atoms with E-state index in [0.717, 1.165) is 17.0 Å². The molecule has 1 amide bonds. The zero-order valence-electron chi connectivity index (χ0n) is 13.4. The number of aryl methyl sites for hydroxylation is 1. The molecule has 0 spiro atoms. The van der Waals surface area contributed by atoms with Crippen molar-refractivity contribution in [3.05, 3.63) is 72.7 Å². The molecular formula is C18H14N6O. The fraction of sp³-hybridized carbons (Fsp3) is 0.0556. The van der Waals surface area contributed by atoms with E-state index in [-0.39, 0.29) is 11.6 Å². The Morgan fingerprint density at radius 1 is 1.08 bits per heavy atom. The first-order valence-corrected chi connectivity index (χ1v) is 7.70. The van der Waals surface area contributed by atoms with E-state index in [9.17, 15) is 4.79 Å². The third-order valence-electron chi connectivity index (χ3n) is 3.70. The van der Waals surface area contributed by atoms with Crippen LogP contribution in [0.3, 0.4) is 0 Å². The number of nitrogens with one attached hydrogen (secondary N) is 1. The molecule has 0 aliphatic carbocycles. The predicted octanol–water partition coefficient (Wildman–Crippen LogP) is 2.75. The van der Waals surface area contributed by atoms with Gasteiger partial charge in [0.05, 0.1) is 5.69 Å². The lowest BCUT2D eigenvalue weighted by Crippen LogP contribution is -2.15. The van der Waals surface area contributed by atoms with Crippen LogP contribution in [0.1, 0.15) is 16.2 Å². The van der Waals surface area contributed by atoms with Gasteiger partial charge in [-0.1, -0.05) is 6.07 Å². The smallest absolute Gasteiger partial charge is 0.279 e. The average molecular weight is 330 g/mol. The molecule has 4 heterocycles. The van der Waals surface area contributed by atoms with Crippen molar-refractivity contribution in [2.45, 2.75) is 6.92 Å². The van der Waals surface area contributed by atoms with E-state index in [4.69, 9.17) is 0 Å².